The van der Waals surface area contributed by atoms with Crippen molar-refractivity contribution in [3.8, 4) is 5.75 Å². The highest BCUT2D eigenvalue weighted by Gasteiger charge is 2.30. The fraction of sp³-hybridized carbons (Fsp3) is 0.182. The lowest BCUT2D eigenvalue weighted by Crippen LogP contribution is -3.11. The van der Waals surface area contributed by atoms with E-state index in [9.17, 15) is 15.0 Å². The second-order valence-electron chi connectivity index (χ2n) is 6.83. The zero-order valence-electron chi connectivity index (χ0n) is 15.0. The van der Waals surface area contributed by atoms with E-state index in [2.05, 4.69) is 6.92 Å². The molecule has 0 aliphatic carbocycles. The lowest BCUT2D eigenvalue weighted by molar-refractivity contribution is -0.905. The summed E-state index contributed by atoms with van der Waals surface area (Å²) in [4.78, 5) is 18.2. The summed E-state index contributed by atoms with van der Waals surface area (Å²) in [6.07, 6.45) is 2.01. The number of fused-ring (bicyclic) bond motifs is 2. The molecule has 0 fully saturated rings. The fourth-order valence-electron chi connectivity index (χ4n) is 3.73. The molecule has 1 aliphatic heterocycles. The number of carboxylic acids is 1. The van der Waals surface area contributed by atoms with Crippen molar-refractivity contribution in [3.05, 3.63) is 70.9 Å². The Bertz CT molecular complexity index is 1060. The van der Waals surface area contributed by atoms with Gasteiger partial charge in [0.15, 0.2) is 0 Å². The number of benzene rings is 2. The summed E-state index contributed by atoms with van der Waals surface area (Å²) in [6.45, 7) is 4.40. The number of pyridine rings is 1. The zero-order chi connectivity index (χ0) is 19.0. The number of nitrogens with one attached hydrogen (secondary N) is 1. The van der Waals surface area contributed by atoms with Crippen LogP contribution in [0.3, 0.4) is 0 Å². The average Bonchev–Trinajstić information content (AvgIpc) is 2.67. The predicted octanol–water partition coefficient (Wildman–Crippen LogP) is 1.97. The second kappa shape index (κ2) is 6.85. The van der Waals surface area contributed by atoms with Crippen molar-refractivity contribution in [1.29, 1.82) is 0 Å². The Labute approximate surface area is 157 Å². The van der Waals surface area contributed by atoms with Gasteiger partial charge < -0.3 is 15.1 Å². The van der Waals surface area contributed by atoms with Crippen LogP contribution in [0.2, 0.25) is 0 Å². The van der Waals surface area contributed by atoms with Crippen molar-refractivity contribution in [2.75, 3.05) is 13.1 Å². The van der Waals surface area contributed by atoms with E-state index in [0.29, 0.717) is 23.0 Å². The van der Waals surface area contributed by atoms with Crippen molar-refractivity contribution >= 4 is 28.5 Å². The lowest BCUT2D eigenvalue weighted by atomic mass is 9.92. The Balaban J connectivity index is 1.97. The lowest BCUT2D eigenvalue weighted by Gasteiger charge is -2.28. The third-order valence-corrected chi connectivity index (χ3v) is 5.10. The highest BCUT2D eigenvalue weighted by atomic mass is 16.4. The van der Waals surface area contributed by atoms with Gasteiger partial charge in [-0.05, 0) is 24.6 Å². The van der Waals surface area contributed by atoms with Crippen LogP contribution in [0.15, 0.2) is 48.5 Å². The van der Waals surface area contributed by atoms with Crippen LogP contribution in [-0.2, 0) is 6.54 Å². The minimum absolute atomic E-state index is 0.0284. The van der Waals surface area contributed by atoms with Crippen LogP contribution in [-0.4, -0.2) is 29.1 Å². The number of hydrogen-bond acceptors (Lipinski definition) is 3. The molecule has 5 heteroatoms. The molecule has 4 rings (SSSR count). The van der Waals surface area contributed by atoms with Gasteiger partial charge in [-0.15, -0.1) is 5.75 Å². The summed E-state index contributed by atoms with van der Waals surface area (Å²) in [6, 6.07) is 14.0. The van der Waals surface area contributed by atoms with Gasteiger partial charge in [-0.3, -0.25) is 0 Å². The van der Waals surface area contributed by atoms with E-state index in [-0.39, 0.29) is 5.75 Å². The molecule has 0 amide bonds. The molecule has 0 saturated carbocycles. The van der Waals surface area contributed by atoms with E-state index in [0.717, 1.165) is 35.5 Å². The molecule has 1 atom stereocenters. The fourth-order valence-corrected chi connectivity index (χ4v) is 3.73. The van der Waals surface area contributed by atoms with E-state index in [1.165, 1.54) is 17.0 Å². The summed E-state index contributed by atoms with van der Waals surface area (Å²) < 4.78 is 0. The molecule has 2 aromatic carbocycles. The number of para-hydroxylation sites is 1. The number of rotatable bonds is 3. The third kappa shape index (κ3) is 3.17. The van der Waals surface area contributed by atoms with Crippen LogP contribution in [0.1, 0.15) is 34.1 Å². The van der Waals surface area contributed by atoms with Crippen LogP contribution in [0.5, 0.6) is 5.75 Å². The molecule has 2 N–H and O–H groups in total. The molecular weight excluding hydrogens is 340 g/mol. The van der Waals surface area contributed by atoms with Crippen LogP contribution in [0, 0.1) is 0 Å². The molecule has 3 aromatic rings. The normalized spacial score (nSPS) is 17.8. The van der Waals surface area contributed by atoms with Crippen molar-refractivity contribution in [2.24, 2.45) is 0 Å². The van der Waals surface area contributed by atoms with Gasteiger partial charge in [0.2, 0.25) is 0 Å². The topological polar surface area (TPSA) is 77.7 Å². The van der Waals surface area contributed by atoms with Crippen LogP contribution < -0.4 is 10.0 Å². The smallest absolute Gasteiger partial charge is 0.336 e. The van der Waals surface area contributed by atoms with Gasteiger partial charge in [0, 0.05) is 16.5 Å². The van der Waals surface area contributed by atoms with E-state index in [1.54, 1.807) is 12.1 Å². The van der Waals surface area contributed by atoms with Crippen LogP contribution in [0.4, 0.5) is 0 Å². The number of aromatic nitrogens is 1. The van der Waals surface area contributed by atoms with Gasteiger partial charge >= 0.3 is 5.97 Å². The SMILES string of the molecule is CC[NH+]1C/C(=C\c2ccc([O-])cc2)c2nc3ccccc3c(C(=O)O)c2C1. The molecule has 5 nitrogen and oxygen atoms in total. The molecule has 1 aliphatic rings. The Hall–Kier alpha value is -3.18. The largest absolute Gasteiger partial charge is 0.872 e. The maximum absolute atomic E-state index is 12.1. The minimum Gasteiger partial charge on any atom is -0.872 e. The highest BCUT2D eigenvalue weighted by molar-refractivity contribution is 6.05. The summed E-state index contributed by atoms with van der Waals surface area (Å²) >= 11 is 0. The summed E-state index contributed by atoms with van der Waals surface area (Å²) in [7, 11) is 0. The van der Waals surface area contributed by atoms with Gasteiger partial charge in [-0.1, -0.05) is 42.5 Å². The van der Waals surface area contributed by atoms with Crippen molar-refractivity contribution in [3.63, 3.8) is 0 Å². The molecular formula is C22H20N2O3. The number of carboxylic acid groups (broad SMARTS) is 1. The highest BCUT2D eigenvalue weighted by Crippen LogP contribution is 2.30. The average molecular weight is 360 g/mol. The van der Waals surface area contributed by atoms with Gasteiger partial charge in [0.25, 0.3) is 0 Å². The monoisotopic (exact) mass is 360 g/mol. The van der Waals surface area contributed by atoms with Gasteiger partial charge in [0.05, 0.1) is 23.3 Å². The number of hydrogen-bond donors (Lipinski definition) is 2. The molecule has 0 spiro atoms. The standard InChI is InChI=1S/C22H20N2O3/c1-2-24-12-15(11-14-7-9-16(25)10-8-14)21-18(13-24)20(22(26)27)17-5-3-4-6-19(17)23-21/h3-11,25H,2,12-13H2,1H3,(H,26,27)/b15-11+. The van der Waals surface area contributed by atoms with Crippen molar-refractivity contribution in [2.45, 2.75) is 13.5 Å². The molecule has 0 saturated heterocycles. The predicted molar refractivity (Wildman–Crippen MR) is 103 cm³/mol. The Morgan fingerprint density at radius 1 is 1.19 bits per heavy atom. The summed E-state index contributed by atoms with van der Waals surface area (Å²) in [5, 5.41) is 22.0. The second-order valence-corrected chi connectivity index (χ2v) is 6.83. The molecule has 1 unspecified atom stereocenters. The number of aromatic carboxylic acids is 1. The Kier molecular flexibility index (Phi) is 4.38. The molecule has 2 heterocycles. The quantitative estimate of drug-likeness (QED) is 0.749. The van der Waals surface area contributed by atoms with E-state index in [1.807, 2.05) is 30.3 Å². The zero-order valence-corrected chi connectivity index (χ0v) is 15.0. The first-order chi connectivity index (χ1) is 13.1. The number of carbonyl (C=O) groups is 1. The van der Waals surface area contributed by atoms with Crippen LogP contribution >= 0.6 is 0 Å². The van der Waals surface area contributed by atoms with Gasteiger partial charge in [-0.25, -0.2) is 9.78 Å². The minimum atomic E-state index is -0.919. The third-order valence-electron chi connectivity index (χ3n) is 5.10. The van der Waals surface area contributed by atoms with Gasteiger partial charge in [-0.2, -0.15) is 0 Å². The maximum Gasteiger partial charge on any atom is 0.336 e. The summed E-state index contributed by atoms with van der Waals surface area (Å²) in [5.41, 5.74) is 4.50. The van der Waals surface area contributed by atoms with Crippen molar-refractivity contribution in [1.82, 2.24) is 4.98 Å². The first-order valence-electron chi connectivity index (χ1n) is 9.03. The first kappa shape index (κ1) is 17.2. The Morgan fingerprint density at radius 3 is 2.63 bits per heavy atom. The number of quaternary nitrogens is 1. The van der Waals surface area contributed by atoms with E-state index < -0.39 is 5.97 Å². The van der Waals surface area contributed by atoms with E-state index in [4.69, 9.17) is 4.98 Å². The van der Waals surface area contributed by atoms with Crippen LogP contribution in [0.25, 0.3) is 22.6 Å². The molecule has 27 heavy (non-hydrogen) atoms. The molecule has 0 radical (unpaired) electrons. The molecule has 136 valence electrons. The number of nitrogens with zero attached hydrogens (tertiary/aromatic N) is 1. The summed E-state index contributed by atoms with van der Waals surface area (Å²) in [5.74, 6) is -0.948. The van der Waals surface area contributed by atoms with E-state index >= 15 is 0 Å². The van der Waals surface area contributed by atoms with Gasteiger partial charge in [0.1, 0.15) is 13.1 Å². The Morgan fingerprint density at radius 2 is 1.93 bits per heavy atom. The maximum atomic E-state index is 12.1. The number of likely N-dealkylation sites (N-methyl/N-ethyl adjacent to an activating group) is 1. The molecule has 0 bridgehead atoms. The van der Waals surface area contributed by atoms with Crippen molar-refractivity contribution < 1.29 is 19.9 Å². The molecule has 1 aromatic heterocycles. The first-order valence-corrected chi connectivity index (χ1v) is 9.03.